The monoisotopic (exact) mass is 299 g/mol. The van der Waals surface area contributed by atoms with Crippen LogP contribution in [-0.4, -0.2) is 17.4 Å². The molecule has 0 aliphatic heterocycles. The molecule has 1 amide bonds. The maximum Gasteiger partial charge on any atom is 0.292 e. The van der Waals surface area contributed by atoms with E-state index in [2.05, 4.69) is 10.6 Å². The number of amides is 1. The van der Waals surface area contributed by atoms with E-state index in [-0.39, 0.29) is 18.0 Å². The summed E-state index contributed by atoms with van der Waals surface area (Å²) in [5.41, 5.74) is 1.46. The van der Waals surface area contributed by atoms with Gasteiger partial charge in [0, 0.05) is 25.6 Å². The van der Waals surface area contributed by atoms with Gasteiger partial charge in [-0.1, -0.05) is 42.5 Å². The van der Waals surface area contributed by atoms with E-state index in [0.29, 0.717) is 18.8 Å². The van der Waals surface area contributed by atoms with E-state index in [1.54, 1.807) is 18.2 Å². The van der Waals surface area contributed by atoms with Crippen LogP contribution >= 0.6 is 0 Å². The Hall–Kier alpha value is -2.89. The van der Waals surface area contributed by atoms with Crippen molar-refractivity contribution in [2.24, 2.45) is 0 Å². The third-order valence-electron chi connectivity index (χ3n) is 3.10. The fraction of sp³-hybridized carbons (Fsp3) is 0.188. The number of anilines is 1. The van der Waals surface area contributed by atoms with Crippen LogP contribution in [0.1, 0.15) is 12.0 Å². The van der Waals surface area contributed by atoms with Gasteiger partial charge >= 0.3 is 0 Å². The number of rotatable bonds is 7. The number of benzene rings is 2. The first-order valence-corrected chi connectivity index (χ1v) is 6.95. The molecule has 22 heavy (non-hydrogen) atoms. The van der Waals surface area contributed by atoms with Gasteiger partial charge < -0.3 is 10.6 Å². The van der Waals surface area contributed by atoms with Crippen LogP contribution in [-0.2, 0) is 11.3 Å². The number of nitrogens with one attached hydrogen (secondary N) is 2. The summed E-state index contributed by atoms with van der Waals surface area (Å²) in [7, 11) is 0. The van der Waals surface area contributed by atoms with Crippen molar-refractivity contribution in [3.63, 3.8) is 0 Å². The third kappa shape index (κ3) is 4.59. The van der Waals surface area contributed by atoms with Crippen LogP contribution in [0.15, 0.2) is 54.6 Å². The number of nitrogens with zero attached hydrogens (tertiary/aromatic N) is 1. The average molecular weight is 299 g/mol. The number of carbonyl (C=O) groups excluding carboxylic acids is 1. The number of para-hydroxylation sites is 2. The number of carbonyl (C=O) groups is 1. The Balaban J connectivity index is 1.77. The number of nitro benzene ring substituents is 1. The zero-order valence-electron chi connectivity index (χ0n) is 12.0. The van der Waals surface area contributed by atoms with Crippen LogP contribution in [0.2, 0.25) is 0 Å². The van der Waals surface area contributed by atoms with Gasteiger partial charge in [-0.15, -0.1) is 0 Å². The Kier molecular flexibility index (Phi) is 5.48. The molecule has 0 radical (unpaired) electrons. The highest BCUT2D eigenvalue weighted by atomic mass is 16.6. The van der Waals surface area contributed by atoms with Crippen molar-refractivity contribution in [3.8, 4) is 0 Å². The van der Waals surface area contributed by atoms with Gasteiger partial charge in [0.1, 0.15) is 5.69 Å². The largest absolute Gasteiger partial charge is 0.379 e. The molecular weight excluding hydrogens is 282 g/mol. The summed E-state index contributed by atoms with van der Waals surface area (Å²) >= 11 is 0. The smallest absolute Gasteiger partial charge is 0.292 e. The van der Waals surface area contributed by atoms with Gasteiger partial charge in [-0.3, -0.25) is 14.9 Å². The van der Waals surface area contributed by atoms with Crippen molar-refractivity contribution in [1.29, 1.82) is 0 Å². The average Bonchev–Trinajstić information content (AvgIpc) is 2.54. The second-order valence-electron chi connectivity index (χ2n) is 4.71. The quantitative estimate of drug-likeness (QED) is 0.608. The van der Waals surface area contributed by atoms with E-state index in [1.165, 1.54) is 6.07 Å². The molecule has 0 bridgehead atoms. The summed E-state index contributed by atoms with van der Waals surface area (Å²) in [4.78, 5) is 22.2. The minimum absolute atomic E-state index is 0.00666. The molecule has 0 saturated carbocycles. The minimum Gasteiger partial charge on any atom is -0.379 e. The maximum absolute atomic E-state index is 11.7. The highest BCUT2D eigenvalue weighted by Gasteiger charge is 2.11. The number of nitro groups is 1. The summed E-state index contributed by atoms with van der Waals surface area (Å²) in [5.74, 6) is -0.102. The lowest BCUT2D eigenvalue weighted by Crippen LogP contribution is -2.24. The van der Waals surface area contributed by atoms with Crippen molar-refractivity contribution < 1.29 is 9.72 Å². The molecule has 2 aromatic carbocycles. The molecule has 2 N–H and O–H groups in total. The highest BCUT2D eigenvalue weighted by Crippen LogP contribution is 2.22. The summed E-state index contributed by atoms with van der Waals surface area (Å²) in [6.07, 6.45) is 0.249. The minimum atomic E-state index is -0.447. The summed E-state index contributed by atoms with van der Waals surface area (Å²) < 4.78 is 0. The molecule has 0 aromatic heterocycles. The van der Waals surface area contributed by atoms with Gasteiger partial charge in [-0.25, -0.2) is 0 Å². The van der Waals surface area contributed by atoms with Gasteiger partial charge in [-0.05, 0) is 11.6 Å². The molecule has 2 aromatic rings. The van der Waals surface area contributed by atoms with Crippen LogP contribution in [0.5, 0.6) is 0 Å². The Morgan fingerprint density at radius 1 is 1.05 bits per heavy atom. The molecular formula is C16H17N3O3. The zero-order chi connectivity index (χ0) is 15.8. The molecule has 6 heteroatoms. The van der Waals surface area contributed by atoms with Crippen LogP contribution in [0.4, 0.5) is 11.4 Å². The van der Waals surface area contributed by atoms with E-state index in [4.69, 9.17) is 0 Å². The standard InChI is InChI=1S/C16H17N3O3/c20-16(18-12-13-6-2-1-3-7-13)10-11-17-14-8-4-5-9-15(14)19(21)22/h1-9,17H,10-12H2,(H,18,20). The van der Waals surface area contributed by atoms with E-state index in [0.717, 1.165) is 5.56 Å². The van der Waals surface area contributed by atoms with Gasteiger partial charge in [0.25, 0.3) is 5.69 Å². The van der Waals surface area contributed by atoms with Gasteiger partial charge in [0.05, 0.1) is 4.92 Å². The first-order valence-electron chi connectivity index (χ1n) is 6.95. The van der Waals surface area contributed by atoms with Crippen molar-refractivity contribution in [1.82, 2.24) is 5.32 Å². The molecule has 0 saturated heterocycles. The van der Waals surface area contributed by atoms with E-state index < -0.39 is 4.92 Å². The number of hydrogen-bond acceptors (Lipinski definition) is 4. The van der Waals surface area contributed by atoms with Crippen molar-refractivity contribution in [2.45, 2.75) is 13.0 Å². The molecule has 6 nitrogen and oxygen atoms in total. The topological polar surface area (TPSA) is 84.3 Å². The summed E-state index contributed by atoms with van der Waals surface area (Å²) in [5, 5.41) is 16.6. The second kappa shape index (κ2) is 7.78. The third-order valence-corrected chi connectivity index (χ3v) is 3.10. The van der Waals surface area contributed by atoms with Crippen molar-refractivity contribution >= 4 is 17.3 Å². The Bertz CT molecular complexity index is 644. The predicted octanol–water partition coefficient (Wildman–Crippen LogP) is 2.71. The molecule has 0 spiro atoms. The Morgan fingerprint density at radius 2 is 1.73 bits per heavy atom. The summed E-state index contributed by atoms with van der Waals surface area (Å²) in [6, 6.07) is 16.0. The first-order chi connectivity index (χ1) is 10.7. The lowest BCUT2D eigenvalue weighted by Gasteiger charge is -2.08. The van der Waals surface area contributed by atoms with E-state index in [9.17, 15) is 14.9 Å². The fourth-order valence-corrected chi connectivity index (χ4v) is 1.98. The van der Waals surface area contributed by atoms with Crippen LogP contribution in [0.3, 0.4) is 0 Å². The van der Waals surface area contributed by atoms with Crippen LogP contribution in [0, 0.1) is 10.1 Å². The summed E-state index contributed by atoms with van der Waals surface area (Å²) in [6.45, 7) is 0.816. The van der Waals surface area contributed by atoms with Gasteiger partial charge in [0.2, 0.25) is 5.91 Å². The Labute approximate surface area is 128 Å². The molecule has 0 aliphatic rings. The molecule has 114 valence electrons. The second-order valence-corrected chi connectivity index (χ2v) is 4.71. The molecule has 0 heterocycles. The predicted molar refractivity (Wildman–Crippen MR) is 84.5 cm³/mol. The van der Waals surface area contributed by atoms with Crippen molar-refractivity contribution in [2.75, 3.05) is 11.9 Å². The molecule has 0 aliphatic carbocycles. The lowest BCUT2D eigenvalue weighted by molar-refractivity contribution is -0.384. The first kappa shape index (κ1) is 15.5. The van der Waals surface area contributed by atoms with Crippen LogP contribution < -0.4 is 10.6 Å². The van der Waals surface area contributed by atoms with Gasteiger partial charge in [-0.2, -0.15) is 0 Å². The molecule has 0 unspecified atom stereocenters. The van der Waals surface area contributed by atoms with Crippen molar-refractivity contribution in [3.05, 3.63) is 70.3 Å². The van der Waals surface area contributed by atoms with E-state index >= 15 is 0 Å². The lowest BCUT2D eigenvalue weighted by atomic mass is 10.2. The van der Waals surface area contributed by atoms with E-state index in [1.807, 2.05) is 30.3 Å². The molecule has 0 atom stereocenters. The Morgan fingerprint density at radius 3 is 2.45 bits per heavy atom. The molecule has 0 fully saturated rings. The maximum atomic E-state index is 11.7. The highest BCUT2D eigenvalue weighted by molar-refractivity contribution is 5.76. The van der Waals surface area contributed by atoms with Gasteiger partial charge in [0.15, 0.2) is 0 Å². The molecule has 2 rings (SSSR count). The normalized spacial score (nSPS) is 10.0. The zero-order valence-corrected chi connectivity index (χ0v) is 12.0. The van der Waals surface area contributed by atoms with Crippen LogP contribution in [0.25, 0.3) is 0 Å². The number of hydrogen-bond donors (Lipinski definition) is 2. The SMILES string of the molecule is O=C(CCNc1ccccc1[N+](=O)[O-])NCc1ccccc1. The fourth-order valence-electron chi connectivity index (χ4n) is 1.98.